The van der Waals surface area contributed by atoms with Crippen LogP contribution >= 0.6 is 0 Å². The number of amides is 3. The Kier molecular flexibility index (Phi) is 5.11. The van der Waals surface area contributed by atoms with Crippen LogP contribution in [0.3, 0.4) is 0 Å². The van der Waals surface area contributed by atoms with E-state index in [1.54, 1.807) is 52.1 Å². The molecule has 0 aromatic heterocycles. The van der Waals surface area contributed by atoms with Crippen molar-refractivity contribution in [2.24, 2.45) is 0 Å². The van der Waals surface area contributed by atoms with Crippen LogP contribution in [0.5, 0.6) is 5.75 Å². The molecular formula is C17H22N2O5. The first kappa shape index (κ1) is 17.8. The lowest BCUT2D eigenvalue weighted by Gasteiger charge is -2.26. The minimum atomic E-state index is -1.18. The van der Waals surface area contributed by atoms with E-state index in [1.165, 1.54) is 0 Å². The Morgan fingerprint density at radius 3 is 2.38 bits per heavy atom. The fraction of sp³-hybridized carbons (Fsp3) is 0.471. The summed E-state index contributed by atoms with van der Waals surface area (Å²) in [6.45, 7) is 4.81. The van der Waals surface area contributed by atoms with Gasteiger partial charge in [-0.2, -0.15) is 0 Å². The van der Waals surface area contributed by atoms with Crippen molar-refractivity contribution < 1.29 is 23.9 Å². The maximum absolute atomic E-state index is 12.8. The lowest BCUT2D eigenvalue weighted by molar-refractivity contribution is -0.151. The standard InChI is InChI=1S/C17H22N2O5/c1-5-17(12-6-8-13(23-4)9-7-12)15(21)19(16(22)18-17)10-14(20)24-11(2)3/h6-9,11H,5,10H2,1-4H3,(H,18,22). The van der Waals surface area contributed by atoms with Gasteiger partial charge in [-0.05, 0) is 38.0 Å². The van der Waals surface area contributed by atoms with Gasteiger partial charge >= 0.3 is 12.0 Å². The van der Waals surface area contributed by atoms with E-state index in [0.717, 1.165) is 4.90 Å². The molecule has 7 nitrogen and oxygen atoms in total. The van der Waals surface area contributed by atoms with Crippen LogP contribution in [-0.4, -0.2) is 42.6 Å². The average molecular weight is 334 g/mol. The highest BCUT2D eigenvalue weighted by Gasteiger charge is 2.51. The summed E-state index contributed by atoms with van der Waals surface area (Å²) in [5, 5.41) is 2.72. The molecule has 24 heavy (non-hydrogen) atoms. The molecule has 1 N–H and O–H groups in total. The molecular weight excluding hydrogens is 312 g/mol. The Bertz CT molecular complexity index is 641. The molecule has 0 saturated carbocycles. The number of hydrogen-bond donors (Lipinski definition) is 1. The zero-order valence-corrected chi connectivity index (χ0v) is 14.3. The van der Waals surface area contributed by atoms with Gasteiger partial charge in [-0.15, -0.1) is 0 Å². The van der Waals surface area contributed by atoms with Crippen LogP contribution in [0.25, 0.3) is 0 Å². The number of esters is 1. The summed E-state index contributed by atoms with van der Waals surface area (Å²) in [5.41, 5.74) is -0.537. The first-order valence-electron chi connectivity index (χ1n) is 7.82. The van der Waals surface area contributed by atoms with Crippen molar-refractivity contribution in [2.45, 2.75) is 38.8 Å². The molecule has 0 radical (unpaired) electrons. The number of rotatable bonds is 6. The van der Waals surface area contributed by atoms with Crippen molar-refractivity contribution in [3.8, 4) is 5.75 Å². The number of nitrogens with zero attached hydrogens (tertiary/aromatic N) is 1. The van der Waals surface area contributed by atoms with Gasteiger partial charge < -0.3 is 14.8 Å². The monoisotopic (exact) mass is 334 g/mol. The topological polar surface area (TPSA) is 84.9 Å². The highest BCUT2D eigenvalue weighted by Crippen LogP contribution is 2.33. The fourth-order valence-electron chi connectivity index (χ4n) is 2.71. The van der Waals surface area contributed by atoms with E-state index in [-0.39, 0.29) is 6.10 Å². The van der Waals surface area contributed by atoms with E-state index in [0.29, 0.717) is 17.7 Å². The summed E-state index contributed by atoms with van der Waals surface area (Å²) in [6.07, 6.45) is 0.0513. The summed E-state index contributed by atoms with van der Waals surface area (Å²) in [7, 11) is 1.55. The van der Waals surface area contributed by atoms with Crippen molar-refractivity contribution in [3.63, 3.8) is 0 Å². The Morgan fingerprint density at radius 2 is 1.88 bits per heavy atom. The molecule has 130 valence electrons. The molecule has 1 unspecified atom stereocenters. The predicted molar refractivity (Wildman–Crippen MR) is 86.4 cm³/mol. The first-order chi connectivity index (χ1) is 11.3. The van der Waals surface area contributed by atoms with Crippen LogP contribution in [0.15, 0.2) is 24.3 Å². The Labute approximate surface area is 140 Å². The van der Waals surface area contributed by atoms with Crippen molar-refractivity contribution >= 4 is 17.9 Å². The molecule has 1 aliphatic rings. The Morgan fingerprint density at radius 1 is 1.25 bits per heavy atom. The molecule has 7 heteroatoms. The molecule has 0 aliphatic carbocycles. The van der Waals surface area contributed by atoms with E-state index < -0.39 is 30.0 Å². The third-order valence-electron chi connectivity index (χ3n) is 3.94. The lowest BCUT2D eigenvalue weighted by Crippen LogP contribution is -2.44. The highest BCUT2D eigenvalue weighted by atomic mass is 16.5. The SMILES string of the molecule is CCC1(c2ccc(OC)cc2)NC(=O)N(CC(=O)OC(C)C)C1=O. The smallest absolute Gasteiger partial charge is 0.326 e. The van der Waals surface area contributed by atoms with Gasteiger partial charge in [0.1, 0.15) is 17.8 Å². The third kappa shape index (κ3) is 3.20. The molecule has 1 aromatic rings. The fourth-order valence-corrected chi connectivity index (χ4v) is 2.71. The molecule has 0 bridgehead atoms. The summed E-state index contributed by atoms with van der Waals surface area (Å²) < 4.78 is 10.1. The van der Waals surface area contributed by atoms with Gasteiger partial charge in [-0.25, -0.2) is 4.79 Å². The molecule has 1 fully saturated rings. The molecule has 1 aliphatic heterocycles. The van der Waals surface area contributed by atoms with Crippen LogP contribution in [0.1, 0.15) is 32.8 Å². The van der Waals surface area contributed by atoms with E-state index >= 15 is 0 Å². The number of carbonyl (C=O) groups excluding carboxylic acids is 3. The van der Waals surface area contributed by atoms with Crippen molar-refractivity contribution in [1.82, 2.24) is 10.2 Å². The summed E-state index contributed by atoms with van der Waals surface area (Å²) in [4.78, 5) is 37.8. The zero-order valence-electron chi connectivity index (χ0n) is 14.3. The van der Waals surface area contributed by atoms with Crippen LogP contribution in [0, 0.1) is 0 Å². The number of urea groups is 1. The normalized spacial score (nSPS) is 20.3. The Hall–Kier alpha value is -2.57. The maximum Gasteiger partial charge on any atom is 0.326 e. The number of hydrogen-bond acceptors (Lipinski definition) is 5. The van der Waals surface area contributed by atoms with Crippen LogP contribution in [0.4, 0.5) is 4.79 Å². The van der Waals surface area contributed by atoms with Gasteiger partial charge in [-0.1, -0.05) is 19.1 Å². The molecule has 3 amide bonds. The molecule has 1 saturated heterocycles. The van der Waals surface area contributed by atoms with Gasteiger partial charge in [0.25, 0.3) is 5.91 Å². The molecule has 1 atom stereocenters. The number of ether oxygens (including phenoxy) is 2. The van der Waals surface area contributed by atoms with Crippen LogP contribution < -0.4 is 10.1 Å². The van der Waals surface area contributed by atoms with Gasteiger partial charge in [-0.3, -0.25) is 14.5 Å². The van der Waals surface area contributed by atoms with Crippen molar-refractivity contribution in [3.05, 3.63) is 29.8 Å². The second-order valence-corrected chi connectivity index (χ2v) is 5.85. The minimum absolute atomic E-state index is 0.309. The Balaban J connectivity index is 2.27. The molecule has 2 rings (SSSR count). The second-order valence-electron chi connectivity index (χ2n) is 5.85. The molecule has 1 aromatic carbocycles. The van der Waals surface area contributed by atoms with E-state index in [1.807, 2.05) is 0 Å². The first-order valence-corrected chi connectivity index (χ1v) is 7.82. The summed E-state index contributed by atoms with van der Waals surface area (Å²) in [6, 6.07) is 6.31. The van der Waals surface area contributed by atoms with Gasteiger partial charge in [0.15, 0.2) is 0 Å². The van der Waals surface area contributed by atoms with Crippen molar-refractivity contribution in [2.75, 3.05) is 13.7 Å². The van der Waals surface area contributed by atoms with Crippen LogP contribution in [-0.2, 0) is 19.9 Å². The summed E-state index contributed by atoms with van der Waals surface area (Å²) >= 11 is 0. The third-order valence-corrected chi connectivity index (χ3v) is 3.94. The molecule has 1 heterocycles. The number of carbonyl (C=O) groups is 3. The van der Waals surface area contributed by atoms with Crippen molar-refractivity contribution in [1.29, 1.82) is 0 Å². The number of methoxy groups -OCH3 is 1. The van der Waals surface area contributed by atoms with E-state index in [9.17, 15) is 14.4 Å². The highest BCUT2D eigenvalue weighted by molar-refractivity contribution is 6.09. The number of benzene rings is 1. The number of imide groups is 1. The van der Waals surface area contributed by atoms with Gasteiger partial charge in [0.2, 0.25) is 0 Å². The maximum atomic E-state index is 12.8. The van der Waals surface area contributed by atoms with Gasteiger partial charge in [0, 0.05) is 0 Å². The predicted octanol–water partition coefficient (Wildman–Crippen LogP) is 1.80. The van der Waals surface area contributed by atoms with Crippen LogP contribution in [0.2, 0.25) is 0 Å². The zero-order chi connectivity index (χ0) is 17.9. The minimum Gasteiger partial charge on any atom is -0.497 e. The van der Waals surface area contributed by atoms with E-state index in [2.05, 4.69) is 5.32 Å². The van der Waals surface area contributed by atoms with E-state index in [4.69, 9.17) is 9.47 Å². The quantitative estimate of drug-likeness (QED) is 0.633. The van der Waals surface area contributed by atoms with Gasteiger partial charge in [0.05, 0.1) is 13.2 Å². The lowest BCUT2D eigenvalue weighted by atomic mass is 9.87. The largest absolute Gasteiger partial charge is 0.497 e. The number of nitrogens with one attached hydrogen (secondary N) is 1. The second kappa shape index (κ2) is 6.90. The average Bonchev–Trinajstić information content (AvgIpc) is 2.79. The summed E-state index contributed by atoms with van der Waals surface area (Å²) in [5.74, 6) is -0.421. The molecule has 0 spiro atoms.